The number of halogens is 2. The van der Waals surface area contributed by atoms with Gasteiger partial charge in [0, 0.05) is 9.52 Å². The zero-order valence-electron chi connectivity index (χ0n) is 40.3. The first-order valence-electron chi connectivity index (χ1n) is 25.3. The van der Waals surface area contributed by atoms with Gasteiger partial charge in [0.15, 0.2) is 0 Å². The second kappa shape index (κ2) is 25.4. The van der Waals surface area contributed by atoms with Crippen LogP contribution in [0.3, 0.4) is 0 Å². The van der Waals surface area contributed by atoms with Gasteiger partial charge in [0.25, 0.3) is 0 Å². The molecule has 8 aromatic carbocycles. The van der Waals surface area contributed by atoms with Crippen LogP contribution >= 0.6 is 17.0 Å². The Hall–Kier alpha value is -3.26. The predicted molar refractivity (Wildman–Crippen MR) is 292 cm³/mol. The van der Waals surface area contributed by atoms with Gasteiger partial charge in [-0.2, -0.15) is 12.1 Å². The summed E-state index contributed by atoms with van der Waals surface area (Å²) >= 11 is -0.826. The molecule has 0 heterocycles. The van der Waals surface area contributed by atoms with Gasteiger partial charge in [-0.1, -0.05) is 187 Å². The minimum absolute atomic E-state index is 0.527. The van der Waals surface area contributed by atoms with Crippen molar-refractivity contribution in [2.45, 2.75) is 143 Å². The van der Waals surface area contributed by atoms with Gasteiger partial charge in [-0.3, -0.25) is 0 Å². The summed E-state index contributed by atoms with van der Waals surface area (Å²) in [5.74, 6) is 0. The fourth-order valence-electron chi connectivity index (χ4n) is 11.9. The van der Waals surface area contributed by atoms with Gasteiger partial charge in [-0.05, 0) is 107 Å². The Morgan fingerprint density at radius 3 is 1.20 bits per heavy atom. The third-order valence-electron chi connectivity index (χ3n) is 14.8. The second-order valence-corrected chi connectivity index (χ2v) is 24.5. The molecule has 8 aromatic rings. The van der Waals surface area contributed by atoms with Crippen LogP contribution in [0.5, 0.6) is 0 Å². The summed E-state index contributed by atoms with van der Waals surface area (Å²) in [6.45, 7) is 9.04. The molecule has 0 spiro atoms. The van der Waals surface area contributed by atoms with E-state index in [-0.39, 0.29) is 0 Å². The maximum atomic E-state index is 4.93. The van der Waals surface area contributed by atoms with Crippen molar-refractivity contribution in [3.63, 3.8) is 0 Å². The normalized spacial score (nSPS) is 15.6. The van der Waals surface area contributed by atoms with Gasteiger partial charge in [0.2, 0.25) is 0 Å². The van der Waals surface area contributed by atoms with E-state index in [9.17, 15) is 0 Å². The fraction of sp³-hybridized carbons (Fsp3) is 0.387. The average molecular weight is 1010 g/mol. The summed E-state index contributed by atoms with van der Waals surface area (Å²) in [6.07, 6.45) is 25.0. The van der Waals surface area contributed by atoms with E-state index in [0.29, 0.717) is 10.8 Å². The topological polar surface area (TPSA) is 0 Å². The Labute approximate surface area is 419 Å². The number of benzene rings is 6. The van der Waals surface area contributed by atoms with E-state index >= 15 is 0 Å². The number of hydrogen-bond acceptors (Lipinski definition) is 0. The minimum atomic E-state index is -0.826. The van der Waals surface area contributed by atoms with E-state index in [2.05, 4.69) is 173 Å². The molecule has 2 fully saturated rings. The van der Waals surface area contributed by atoms with Crippen LogP contribution in [0.25, 0.3) is 65.3 Å². The van der Waals surface area contributed by atoms with Crippen LogP contribution in [0, 0.1) is 10.8 Å². The van der Waals surface area contributed by atoms with E-state index in [1.165, 1.54) is 181 Å². The molecule has 0 N–H and O–H groups in total. The molecule has 0 amide bonds. The van der Waals surface area contributed by atoms with Gasteiger partial charge in [0.1, 0.15) is 0 Å². The monoisotopic (exact) mass is 1000 g/mol. The molecule has 0 saturated heterocycles. The van der Waals surface area contributed by atoms with Crippen LogP contribution in [-0.2, 0) is 33.7 Å². The van der Waals surface area contributed by atoms with Crippen LogP contribution in [0.15, 0.2) is 146 Å². The van der Waals surface area contributed by atoms with E-state index in [1.54, 1.807) is 11.1 Å². The first kappa shape index (κ1) is 50.6. The number of fused-ring (bicyclic) bond motifs is 4. The molecule has 0 aliphatic heterocycles. The summed E-state index contributed by atoms with van der Waals surface area (Å²) in [5, 5.41) is 10.9. The Morgan fingerprint density at radius 1 is 0.470 bits per heavy atom. The van der Waals surface area contributed by atoms with Crippen LogP contribution in [0.1, 0.15) is 128 Å². The van der Waals surface area contributed by atoms with Gasteiger partial charge >= 0.3 is 37.9 Å². The summed E-state index contributed by atoms with van der Waals surface area (Å²) in [5.41, 5.74) is 9.55. The third-order valence-corrected chi connectivity index (χ3v) is 14.8. The van der Waals surface area contributed by atoms with Crippen molar-refractivity contribution in [1.82, 2.24) is 0 Å². The zero-order valence-corrected chi connectivity index (χ0v) is 45.3. The Bertz CT molecular complexity index is 2520. The molecule has 66 heavy (non-hydrogen) atoms. The van der Waals surface area contributed by atoms with Gasteiger partial charge in [0.05, 0.1) is 0 Å². The molecule has 0 aromatic heterocycles. The molecule has 342 valence electrons. The summed E-state index contributed by atoms with van der Waals surface area (Å²) in [7, 11) is 11.0. The number of rotatable bonds is 10. The first-order valence-corrected chi connectivity index (χ1v) is 33.6. The van der Waals surface area contributed by atoms with E-state index in [4.69, 9.17) is 17.0 Å². The van der Waals surface area contributed by atoms with Crippen molar-refractivity contribution in [1.29, 1.82) is 0 Å². The third kappa shape index (κ3) is 13.1. The first-order chi connectivity index (χ1) is 32.4. The predicted octanol–water partition coefficient (Wildman–Crippen LogP) is 20.3. The van der Waals surface area contributed by atoms with E-state index < -0.39 is 20.8 Å². The van der Waals surface area contributed by atoms with Crippen molar-refractivity contribution in [2.24, 2.45) is 10.8 Å². The summed E-state index contributed by atoms with van der Waals surface area (Å²) in [6, 6.07) is 54.7. The van der Waals surface area contributed by atoms with Crippen molar-refractivity contribution < 1.29 is 20.8 Å². The molecule has 2 radical (unpaired) electrons. The summed E-state index contributed by atoms with van der Waals surface area (Å²) in [4.78, 5) is 0. The van der Waals surface area contributed by atoms with Crippen molar-refractivity contribution in [3.05, 3.63) is 157 Å². The van der Waals surface area contributed by atoms with Crippen molar-refractivity contribution >= 4 is 69.6 Å². The van der Waals surface area contributed by atoms with Crippen LogP contribution in [0.4, 0.5) is 0 Å². The molecule has 0 nitrogen and oxygen atoms in total. The van der Waals surface area contributed by atoms with Crippen molar-refractivity contribution in [3.8, 4) is 22.3 Å². The quantitative estimate of drug-likeness (QED) is 0.0728. The maximum absolute atomic E-state index is 4.93. The fourth-order valence-corrected chi connectivity index (χ4v) is 11.9. The van der Waals surface area contributed by atoms with Crippen LogP contribution in [-0.4, -0.2) is 9.52 Å². The molecule has 10 rings (SSSR count). The average Bonchev–Trinajstić information content (AvgIpc) is 3.77. The van der Waals surface area contributed by atoms with Crippen molar-refractivity contribution in [2.75, 3.05) is 0 Å². The van der Waals surface area contributed by atoms with E-state index in [1.807, 2.05) is 0 Å². The molecular formula is C62H72Cl2SiZr. The molecular weight excluding hydrogens is 935 g/mol. The SMILES string of the molecule is CCCC1(Cc2cc3c(-c4ccc5ccccc5c4)cccc3[cH-]2)CCCCCC1.CCCC1(Cc2cc3c(-c4ccc5ccccc5c4)cccc3[cH-]2)CCCCCC1.C[Si]C.[Cl][Zr+2][Cl]. The second-order valence-electron chi connectivity index (χ2n) is 19.7. The molecule has 4 heteroatoms. The zero-order chi connectivity index (χ0) is 46.2. The Balaban J connectivity index is 0.000000176. The molecule has 2 saturated carbocycles. The molecule has 2 aliphatic carbocycles. The molecule has 2 aliphatic rings. The Morgan fingerprint density at radius 2 is 0.833 bits per heavy atom. The standard InChI is InChI=1S/2C30H33.C2H6Si.2ClH.Zr/c2*1-2-16-30(17-7-3-4-8-18-30)22-23-19-26-12-9-13-28(29(26)20-23)27-15-14-24-10-5-6-11-25(24)21-27;1-3-2;;;/h2*5-6,9-15,19-21H,2-4,7-8,16-18,22H2,1H3;1-2H3;2*1H;/q2*-1;;;;+4/p-2. The molecule has 0 bridgehead atoms. The van der Waals surface area contributed by atoms with Crippen LogP contribution < -0.4 is 0 Å². The van der Waals surface area contributed by atoms with Gasteiger partial charge in [-0.25, -0.2) is 0 Å². The van der Waals surface area contributed by atoms with E-state index in [0.717, 1.165) is 9.52 Å². The number of hydrogen-bond donors (Lipinski definition) is 0. The van der Waals surface area contributed by atoms with Gasteiger partial charge in [-0.15, -0.1) is 69.1 Å². The van der Waals surface area contributed by atoms with Crippen LogP contribution in [0.2, 0.25) is 13.1 Å². The van der Waals surface area contributed by atoms with Gasteiger partial charge < -0.3 is 0 Å². The molecule has 0 unspecified atom stereocenters. The molecule has 0 atom stereocenters. The summed E-state index contributed by atoms with van der Waals surface area (Å²) < 4.78 is 0. The Kier molecular flexibility index (Phi) is 19.5.